The van der Waals surface area contributed by atoms with E-state index in [9.17, 15) is 9.59 Å². The van der Waals surface area contributed by atoms with E-state index in [-0.39, 0.29) is 23.4 Å². The molecule has 3 heteroatoms. The van der Waals surface area contributed by atoms with Crippen molar-refractivity contribution in [3.63, 3.8) is 0 Å². The lowest BCUT2D eigenvalue weighted by molar-refractivity contribution is -0.127. The maximum atomic E-state index is 11.5. The Kier molecular flexibility index (Phi) is 7.73. The van der Waals surface area contributed by atoms with Crippen molar-refractivity contribution in [1.82, 2.24) is 0 Å². The van der Waals surface area contributed by atoms with Crippen LogP contribution in [-0.4, -0.2) is 18.1 Å². The van der Waals surface area contributed by atoms with Crippen molar-refractivity contribution in [1.29, 1.82) is 0 Å². The molecule has 16 heavy (non-hydrogen) atoms. The van der Waals surface area contributed by atoms with Gasteiger partial charge >= 0.3 is 0 Å². The van der Waals surface area contributed by atoms with Crippen LogP contribution in [0, 0.1) is 11.8 Å². The van der Waals surface area contributed by atoms with Gasteiger partial charge in [0.15, 0.2) is 0 Å². The first-order valence-corrected chi connectivity index (χ1v) is 5.91. The Hall–Kier alpha value is -0.960. The number of carbonyl (C=O) groups excluding carboxylic acids is 2. The van der Waals surface area contributed by atoms with Crippen molar-refractivity contribution in [2.45, 2.75) is 40.0 Å². The van der Waals surface area contributed by atoms with Gasteiger partial charge in [-0.1, -0.05) is 19.1 Å². The summed E-state index contributed by atoms with van der Waals surface area (Å²) in [6, 6.07) is 0. The van der Waals surface area contributed by atoms with Gasteiger partial charge in [-0.05, 0) is 32.7 Å². The summed E-state index contributed by atoms with van der Waals surface area (Å²) in [6.07, 6.45) is 5.54. The molecule has 0 aliphatic rings. The number of allylic oxidation sites excluding steroid dienone is 2. The van der Waals surface area contributed by atoms with Crippen LogP contribution in [0.3, 0.4) is 0 Å². The summed E-state index contributed by atoms with van der Waals surface area (Å²) < 4.78 is 0. The highest BCUT2D eigenvalue weighted by molar-refractivity contribution is 5.87. The molecule has 0 heterocycles. The predicted octanol–water partition coefficient (Wildman–Crippen LogP) is 2.10. The summed E-state index contributed by atoms with van der Waals surface area (Å²) in [6.45, 7) is 5.89. The normalized spacial score (nSPS) is 15.0. The molecule has 2 unspecified atom stereocenters. The van der Waals surface area contributed by atoms with Crippen LogP contribution in [-0.2, 0) is 9.59 Å². The van der Waals surface area contributed by atoms with Crippen LogP contribution >= 0.6 is 0 Å². The molecule has 0 saturated carbocycles. The maximum Gasteiger partial charge on any atom is 0.134 e. The smallest absolute Gasteiger partial charge is 0.134 e. The fourth-order valence-corrected chi connectivity index (χ4v) is 1.91. The van der Waals surface area contributed by atoms with E-state index in [0.29, 0.717) is 19.4 Å². The maximum absolute atomic E-state index is 11.5. The van der Waals surface area contributed by atoms with Crippen molar-refractivity contribution < 1.29 is 9.59 Å². The van der Waals surface area contributed by atoms with Crippen LogP contribution in [0.25, 0.3) is 0 Å². The Morgan fingerprint density at radius 3 is 2.38 bits per heavy atom. The molecular formula is C13H23NO2. The number of hydrogen-bond donors (Lipinski definition) is 1. The average Bonchev–Trinajstić information content (AvgIpc) is 2.23. The quantitative estimate of drug-likeness (QED) is 0.643. The van der Waals surface area contributed by atoms with Crippen LogP contribution in [0.15, 0.2) is 12.2 Å². The summed E-state index contributed by atoms with van der Waals surface area (Å²) in [5.74, 6) is 0.172. The summed E-state index contributed by atoms with van der Waals surface area (Å²) in [7, 11) is 0. The van der Waals surface area contributed by atoms with Gasteiger partial charge in [-0.3, -0.25) is 9.59 Å². The zero-order chi connectivity index (χ0) is 12.6. The van der Waals surface area contributed by atoms with Crippen LogP contribution in [0.4, 0.5) is 0 Å². The molecule has 2 atom stereocenters. The van der Waals surface area contributed by atoms with E-state index in [1.54, 1.807) is 6.92 Å². The van der Waals surface area contributed by atoms with Crippen molar-refractivity contribution in [3.8, 4) is 0 Å². The Labute approximate surface area is 98.1 Å². The number of nitrogens with two attached hydrogens (primary N) is 1. The highest BCUT2D eigenvalue weighted by Gasteiger charge is 2.24. The third-order valence-electron chi connectivity index (χ3n) is 2.82. The molecule has 0 rings (SSSR count). The molecule has 92 valence electrons. The lowest BCUT2D eigenvalue weighted by atomic mass is 9.83. The van der Waals surface area contributed by atoms with Crippen molar-refractivity contribution in [2.75, 3.05) is 6.54 Å². The summed E-state index contributed by atoms with van der Waals surface area (Å²) in [4.78, 5) is 23.1. The standard InChI is InChI=1S/C13H23NO2/c1-4-6-11(5-2)13(10(3)15)9-12(16)7-8-14/h4,6,11,13H,5,7-9,14H2,1-3H3. The van der Waals surface area contributed by atoms with E-state index < -0.39 is 0 Å². The minimum absolute atomic E-state index is 0.0886. The van der Waals surface area contributed by atoms with Gasteiger partial charge in [0.05, 0.1) is 0 Å². The van der Waals surface area contributed by atoms with E-state index >= 15 is 0 Å². The first kappa shape index (κ1) is 15.0. The van der Waals surface area contributed by atoms with Crippen molar-refractivity contribution in [2.24, 2.45) is 17.6 Å². The number of hydrogen-bond acceptors (Lipinski definition) is 3. The summed E-state index contributed by atoms with van der Waals surface area (Å²) in [5.41, 5.74) is 5.33. The molecule has 0 aromatic rings. The number of rotatable bonds is 8. The number of carbonyl (C=O) groups is 2. The molecular weight excluding hydrogens is 202 g/mol. The van der Waals surface area contributed by atoms with Gasteiger partial charge in [-0.25, -0.2) is 0 Å². The Bertz CT molecular complexity index is 259. The van der Waals surface area contributed by atoms with E-state index in [1.807, 2.05) is 26.0 Å². The third-order valence-corrected chi connectivity index (χ3v) is 2.82. The van der Waals surface area contributed by atoms with Gasteiger partial charge in [0.1, 0.15) is 11.6 Å². The van der Waals surface area contributed by atoms with E-state index in [1.165, 1.54) is 0 Å². The first-order valence-electron chi connectivity index (χ1n) is 5.91. The molecule has 0 aromatic heterocycles. The van der Waals surface area contributed by atoms with E-state index in [0.717, 1.165) is 6.42 Å². The van der Waals surface area contributed by atoms with E-state index in [4.69, 9.17) is 5.73 Å². The van der Waals surface area contributed by atoms with Gasteiger partial charge in [0.25, 0.3) is 0 Å². The topological polar surface area (TPSA) is 60.2 Å². The highest BCUT2D eigenvalue weighted by atomic mass is 16.1. The van der Waals surface area contributed by atoms with Crippen molar-refractivity contribution >= 4 is 11.6 Å². The van der Waals surface area contributed by atoms with Gasteiger partial charge in [-0.2, -0.15) is 0 Å². The largest absolute Gasteiger partial charge is 0.330 e. The fourth-order valence-electron chi connectivity index (χ4n) is 1.91. The zero-order valence-electron chi connectivity index (χ0n) is 10.5. The third kappa shape index (κ3) is 5.21. The van der Waals surface area contributed by atoms with Crippen LogP contribution in [0.1, 0.15) is 40.0 Å². The Morgan fingerprint density at radius 2 is 2.00 bits per heavy atom. The minimum Gasteiger partial charge on any atom is -0.330 e. The fraction of sp³-hybridized carbons (Fsp3) is 0.692. The number of Topliss-reactive ketones (excluding diaryl/α,β-unsaturated/α-hetero) is 2. The van der Waals surface area contributed by atoms with E-state index in [2.05, 4.69) is 0 Å². The second kappa shape index (κ2) is 8.22. The van der Waals surface area contributed by atoms with Crippen molar-refractivity contribution in [3.05, 3.63) is 12.2 Å². The Balaban J connectivity index is 4.58. The molecule has 0 fully saturated rings. The minimum atomic E-state index is -0.180. The molecule has 0 aliphatic carbocycles. The summed E-state index contributed by atoms with van der Waals surface area (Å²) >= 11 is 0. The van der Waals surface area contributed by atoms with Crippen LogP contribution in [0.5, 0.6) is 0 Å². The SMILES string of the molecule is CC=CC(CC)C(CC(=O)CCN)C(C)=O. The molecule has 0 spiro atoms. The predicted molar refractivity (Wildman–Crippen MR) is 66.1 cm³/mol. The number of ketones is 2. The second-order valence-electron chi connectivity index (χ2n) is 4.10. The molecule has 3 nitrogen and oxygen atoms in total. The zero-order valence-corrected chi connectivity index (χ0v) is 10.5. The summed E-state index contributed by atoms with van der Waals surface area (Å²) in [5, 5.41) is 0. The first-order chi connectivity index (χ1) is 7.56. The highest BCUT2D eigenvalue weighted by Crippen LogP contribution is 2.23. The molecule has 0 aromatic carbocycles. The lowest BCUT2D eigenvalue weighted by Crippen LogP contribution is -2.24. The molecule has 0 amide bonds. The Morgan fingerprint density at radius 1 is 1.38 bits per heavy atom. The molecule has 0 saturated heterocycles. The van der Waals surface area contributed by atoms with Gasteiger partial charge in [0.2, 0.25) is 0 Å². The molecule has 2 N–H and O–H groups in total. The van der Waals surface area contributed by atoms with Gasteiger partial charge < -0.3 is 5.73 Å². The second-order valence-corrected chi connectivity index (χ2v) is 4.10. The average molecular weight is 225 g/mol. The van der Waals surface area contributed by atoms with Gasteiger partial charge in [-0.15, -0.1) is 0 Å². The van der Waals surface area contributed by atoms with Gasteiger partial charge in [0, 0.05) is 18.8 Å². The molecule has 0 bridgehead atoms. The monoisotopic (exact) mass is 225 g/mol. The van der Waals surface area contributed by atoms with Crippen LogP contribution in [0.2, 0.25) is 0 Å². The molecule has 0 aliphatic heterocycles. The van der Waals surface area contributed by atoms with Crippen LogP contribution < -0.4 is 5.73 Å². The lowest BCUT2D eigenvalue weighted by Gasteiger charge is -2.20. The molecule has 0 radical (unpaired) electrons.